The number of hydrogen-bond acceptors (Lipinski definition) is 4. The third kappa shape index (κ3) is 4.36. The predicted molar refractivity (Wildman–Crippen MR) is 121 cm³/mol. The van der Waals surface area contributed by atoms with E-state index in [-0.39, 0.29) is 23.9 Å². The predicted octanol–water partition coefficient (Wildman–Crippen LogP) is 5.24. The molecule has 1 heterocycles. The Balaban J connectivity index is 1.57. The van der Waals surface area contributed by atoms with Gasteiger partial charge in [0.15, 0.2) is 5.75 Å². The second kappa shape index (κ2) is 8.84. The lowest BCUT2D eigenvalue weighted by atomic mass is 10.1. The molecule has 3 aromatic carbocycles. The van der Waals surface area contributed by atoms with Crippen molar-refractivity contribution in [2.24, 2.45) is 0 Å². The van der Waals surface area contributed by atoms with Gasteiger partial charge in [-0.15, -0.1) is 0 Å². The van der Waals surface area contributed by atoms with Crippen LogP contribution in [0, 0.1) is 0 Å². The largest absolute Gasteiger partial charge is 0.504 e. The number of aromatic nitrogens is 1. The Labute approximate surface area is 179 Å². The van der Waals surface area contributed by atoms with E-state index in [4.69, 9.17) is 11.6 Å². The summed E-state index contributed by atoms with van der Waals surface area (Å²) in [6.07, 6.45) is 1.57. The van der Waals surface area contributed by atoms with E-state index in [9.17, 15) is 9.90 Å². The number of benzene rings is 3. The van der Waals surface area contributed by atoms with Crippen LogP contribution in [0.15, 0.2) is 85.1 Å². The first kappa shape index (κ1) is 19.7. The van der Waals surface area contributed by atoms with Crippen LogP contribution in [-0.2, 0) is 11.3 Å². The first-order valence-electron chi connectivity index (χ1n) is 9.52. The molecular weight excluding hydrogens is 398 g/mol. The fraction of sp³-hybridized carbons (Fsp3) is 0.0833. The number of phenols is 1. The summed E-state index contributed by atoms with van der Waals surface area (Å²) in [5.74, 6) is -0.367. The molecular formula is C24H20ClN3O2. The SMILES string of the molecule is O=C(CN(Cc1ccccc1)c1ccccc1)Nc1cc(Cl)c2cccnc2c1O. The molecule has 0 radical (unpaired) electrons. The number of phenolic OH excluding ortho intramolecular Hbond substituents is 1. The van der Waals surface area contributed by atoms with Crippen LogP contribution < -0.4 is 10.2 Å². The molecule has 0 aliphatic carbocycles. The van der Waals surface area contributed by atoms with Gasteiger partial charge in [0.1, 0.15) is 5.52 Å². The Hall–Kier alpha value is -3.57. The molecule has 0 atom stereocenters. The first-order valence-corrected chi connectivity index (χ1v) is 9.89. The van der Waals surface area contributed by atoms with Gasteiger partial charge in [0.05, 0.1) is 17.3 Å². The monoisotopic (exact) mass is 417 g/mol. The molecule has 6 heteroatoms. The maximum atomic E-state index is 12.9. The number of anilines is 2. The van der Waals surface area contributed by atoms with E-state index in [0.29, 0.717) is 22.5 Å². The summed E-state index contributed by atoms with van der Waals surface area (Å²) in [5, 5.41) is 14.4. The van der Waals surface area contributed by atoms with Gasteiger partial charge in [-0.1, -0.05) is 60.1 Å². The van der Waals surface area contributed by atoms with E-state index in [1.807, 2.05) is 65.6 Å². The summed E-state index contributed by atoms with van der Waals surface area (Å²) < 4.78 is 0. The number of carbonyl (C=O) groups excluding carboxylic acids is 1. The zero-order valence-corrected chi connectivity index (χ0v) is 16.9. The van der Waals surface area contributed by atoms with E-state index >= 15 is 0 Å². The Morgan fingerprint density at radius 2 is 1.70 bits per heavy atom. The van der Waals surface area contributed by atoms with E-state index in [0.717, 1.165) is 11.3 Å². The molecule has 2 N–H and O–H groups in total. The van der Waals surface area contributed by atoms with Crippen LogP contribution >= 0.6 is 11.6 Å². The van der Waals surface area contributed by atoms with E-state index in [1.165, 1.54) is 0 Å². The third-order valence-corrected chi connectivity index (χ3v) is 5.07. The Kier molecular flexibility index (Phi) is 5.82. The van der Waals surface area contributed by atoms with E-state index < -0.39 is 0 Å². The van der Waals surface area contributed by atoms with Crippen molar-refractivity contribution in [2.45, 2.75) is 6.54 Å². The van der Waals surface area contributed by atoms with Gasteiger partial charge in [0.2, 0.25) is 5.91 Å². The minimum absolute atomic E-state index is 0.0994. The number of carbonyl (C=O) groups is 1. The molecule has 0 fully saturated rings. The highest BCUT2D eigenvalue weighted by atomic mass is 35.5. The van der Waals surface area contributed by atoms with Crippen molar-refractivity contribution in [1.29, 1.82) is 0 Å². The topological polar surface area (TPSA) is 65.5 Å². The number of halogens is 1. The van der Waals surface area contributed by atoms with Gasteiger partial charge in [0, 0.05) is 23.8 Å². The van der Waals surface area contributed by atoms with Gasteiger partial charge >= 0.3 is 0 Å². The van der Waals surface area contributed by atoms with Crippen molar-refractivity contribution in [3.05, 3.63) is 95.6 Å². The minimum Gasteiger partial charge on any atom is -0.504 e. The van der Waals surface area contributed by atoms with Crippen LogP contribution in [0.4, 0.5) is 11.4 Å². The Morgan fingerprint density at radius 3 is 2.43 bits per heavy atom. The van der Waals surface area contributed by atoms with Crippen molar-refractivity contribution in [3.8, 4) is 5.75 Å². The van der Waals surface area contributed by atoms with Gasteiger partial charge in [0.25, 0.3) is 0 Å². The van der Waals surface area contributed by atoms with Gasteiger partial charge in [-0.25, -0.2) is 0 Å². The molecule has 150 valence electrons. The lowest BCUT2D eigenvalue weighted by molar-refractivity contribution is -0.115. The van der Waals surface area contributed by atoms with Crippen LogP contribution in [0.25, 0.3) is 10.9 Å². The van der Waals surface area contributed by atoms with Crippen molar-refractivity contribution in [3.63, 3.8) is 0 Å². The van der Waals surface area contributed by atoms with Crippen molar-refractivity contribution in [2.75, 3.05) is 16.8 Å². The molecule has 0 saturated heterocycles. The molecule has 1 amide bonds. The maximum absolute atomic E-state index is 12.9. The summed E-state index contributed by atoms with van der Waals surface area (Å²) >= 11 is 6.31. The zero-order valence-electron chi connectivity index (χ0n) is 16.1. The van der Waals surface area contributed by atoms with Gasteiger partial charge in [-0.3, -0.25) is 9.78 Å². The quantitative estimate of drug-likeness (QED) is 0.421. The third-order valence-electron chi connectivity index (χ3n) is 4.76. The molecule has 5 nitrogen and oxygen atoms in total. The number of pyridine rings is 1. The second-order valence-electron chi connectivity index (χ2n) is 6.88. The average Bonchev–Trinajstić information content (AvgIpc) is 2.78. The van der Waals surface area contributed by atoms with Crippen LogP contribution in [0.5, 0.6) is 5.75 Å². The van der Waals surface area contributed by atoms with Gasteiger partial charge in [-0.2, -0.15) is 0 Å². The number of rotatable bonds is 6. The summed E-state index contributed by atoms with van der Waals surface area (Å²) in [6.45, 7) is 0.681. The molecule has 0 unspecified atom stereocenters. The number of aromatic hydroxyl groups is 1. The van der Waals surface area contributed by atoms with Crippen molar-refractivity contribution < 1.29 is 9.90 Å². The normalized spacial score (nSPS) is 10.7. The molecule has 0 saturated carbocycles. The van der Waals surface area contributed by atoms with Crippen molar-refractivity contribution in [1.82, 2.24) is 4.98 Å². The number of amides is 1. The molecule has 0 bridgehead atoms. The lowest BCUT2D eigenvalue weighted by Gasteiger charge is -2.24. The molecule has 0 aliphatic rings. The van der Waals surface area contributed by atoms with Crippen LogP contribution in [0.3, 0.4) is 0 Å². The molecule has 1 aromatic heterocycles. The van der Waals surface area contributed by atoms with Crippen LogP contribution in [-0.4, -0.2) is 22.5 Å². The maximum Gasteiger partial charge on any atom is 0.244 e. The number of nitrogens with one attached hydrogen (secondary N) is 1. The summed E-state index contributed by atoms with van der Waals surface area (Å²) in [5.41, 5.74) is 2.61. The average molecular weight is 418 g/mol. The fourth-order valence-corrected chi connectivity index (χ4v) is 3.59. The molecule has 30 heavy (non-hydrogen) atoms. The Bertz CT molecular complexity index is 1170. The number of para-hydroxylation sites is 1. The zero-order chi connectivity index (χ0) is 20.9. The molecule has 0 aliphatic heterocycles. The van der Waals surface area contributed by atoms with Gasteiger partial charge < -0.3 is 15.3 Å². The van der Waals surface area contributed by atoms with Crippen LogP contribution in [0.1, 0.15) is 5.56 Å². The van der Waals surface area contributed by atoms with Crippen molar-refractivity contribution >= 4 is 39.8 Å². The number of hydrogen-bond donors (Lipinski definition) is 2. The minimum atomic E-state index is -0.267. The first-order chi connectivity index (χ1) is 14.6. The number of fused-ring (bicyclic) bond motifs is 1. The molecule has 4 aromatic rings. The standard InChI is InChI=1S/C24H20ClN3O2/c25-20-14-21(24(30)23-19(20)12-7-13-26-23)27-22(29)16-28(18-10-5-2-6-11-18)15-17-8-3-1-4-9-17/h1-14,30H,15-16H2,(H,27,29). The van der Waals surface area contributed by atoms with E-state index in [1.54, 1.807) is 24.4 Å². The number of nitrogens with zero attached hydrogens (tertiary/aromatic N) is 2. The summed E-state index contributed by atoms with van der Waals surface area (Å²) in [7, 11) is 0. The summed E-state index contributed by atoms with van der Waals surface area (Å²) in [6, 6.07) is 24.7. The Morgan fingerprint density at radius 1 is 1.00 bits per heavy atom. The van der Waals surface area contributed by atoms with Crippen LogP contribution in [0.2, 0.25) is 5.02 Å². The highest BCUT2D eigenvalue weighted by molar-refractivity contribution is 6.36. The second-order valence-corrected chi connectivity index (χ2v) is 7.29. The summed E-state index contributed by atoms with van der Waals surface area (Å²) in [4.78, 5) is 19.0. The smallest absolute Gasteiger partial charge is 0.244 e. The highest BCUT2D eigenvalue weighted by Gasteiger charge is 2.16. The molecule has 4 rings (SSSR count). The highest BCUT2D eigenvalue weighted by Crippen LogP contribution is 2.36. The molecule has 0 spiro atoms. The van der Waals surface area contributed by atoms with E-state index in [2.05, 4.69) is 10.3 Å². The fourth-order valence-electron chi connectivity index (χ4n) is 3.33. The van der Waals surface area contributed by atoms with Gasteiger partial charge in [-0.05, 0) is 35.9 Å². The lowest BCUT2D eigenvalue weighted by Crippen LogP contribution is -2.33.